The topological polar surface area (TPSA) is 29.0 Å². The number of halogens is 1. The van der Waals surface area contributed by atoms with Crippen LogP contribution in [-0.2, 0) is 0 Å². The Hall–Kier alpha value is -0.830. The van der Waals surface area contributed by atoms with Crippen LogP contribution in [0.4, 0.5) is 5.82 Å². The molecule has 1 heterocycles. The summed E-state index contributed by atoms with van der Waals surface area (Å²) in [5, 5.41) is 0.590. The van der Waals surface area contributed by atoms with Crippen molar-refractivity contribution in [1.82, 2.24) is 9.97 Å². The Morgan fingerprint density at radius 1 is 1.26 bits per heavy atom. The van der Waals surface area contributed by atoms with Crippen LogP contribution in [0.5, 0.6) is 0 Å². The molecule has 0 N–H and O–H groups in total. The van der Waals surface area contributed by atoms with E-state index in [9.17, 15) is 0 Å². The fourth-order valence-electron chi connectivity index (χ4n) is 2.79. The first-order chi connectivity index (χ1) is 8.99. The third kappa shape index (κ3) is 3.38. The molecule has 106 valence electrons. The first kappa shape index (κ1) is 14.6. The minimum Gasteiger partial charge on any atom is -0.359 e. The Labute approximate surface area is 121 Å². The summed E-state index contributed by atoms with van der Waals surface area (Å²) in [5.74, 6) is 2.94. The third-order valence-corrected chi connectivity index (χ3v) is 4.33. The summed E-state index contributed by atoms with van der Waals surface area (Å²) in [7, 11) is 2.12. The van der Waals surface area contributed by atoms with E-state index < -0.39 is 0 Å². The van der Waals surface area contributed by atoms with Gasteiger partial charge in [-0.15, -0.1) is 0 Å². The van der Waals surface area contributed by atoms with Crippen LogP contribution in [0.25, 0.3) is 0 Å². The van der Waals surface area contributed by atoms with Crippen LogP contribution in [-0.4, -0.2) is 23.6 Å². The number of hydrogen-bond donors (Lipinski definition) is 0. The summed E-state index contributed by atoms with van der Waals surface area (Å²) in [6.07, 6.45) is 5.44. The van der Waals surface area contributed by atoms with E-state index in [-0.39, 0.29) is 0 Å². The van der Waals surface area contributed by atoms with Crippen molar-refractivity contribution in [2.24, 2.45) is 5.92 Å². The number of rotatable bonds is 4. The van der Waals surface area contributed by atoms with Crippen LogP contribution in [0.15, 0.2) is 0 Å². The Morgan fingerprint density at radius 3 is 2.47 bits per heavy atom. The van der Waals surface area contributed by atoms with Crippen LogP contribution in [0, 0.1) is 12.8 Å². The second-order valence-electron chi connectivity index (χ2n) is 6.01. The second kappa shape index (κ2) is 6.08. The lowest BCUT2D eigenvalue weighted by atomic mass is 10.1. The molecular formula is C15H24ClN3. The lowest BCUT2D eigenvalue weighted by molar-refractivity contribution is 0.543. The Bertz CT molecular complexity index is 439. The maximum atomic E-state index is 6.25. The van der Waals surface area contributed by atoms with Gasteiger partial charge in [0.05, 0.1) is 0 Å². The monoisotopic (exact) mass is 281 g/mol. The van der Waals surface area contributed by atoms with Gasteiger partial charge in [-0.25, -0.2) is 9.97 Å². The van der Waals surface area contributed by atoms with Crippen molar-refractivity contribution in [2.75, 3.05) is 18.5 Å². The summed E-state index contributed by atoms with van der Waals surface area (Å²) < 4.78 is 0. The van der Waals surface area contributed by atoms with E-state index in [1.165, 1.54) is 25.7 Å². The summed E-state index contributed by atoms with van der Waals surface area (Å²) in [6.45, 7) is 7.28. The fourth-order valence-corrected chi connectivity index (χ4v) is 2.96. The zero-order valence-electron chi connectivity index (χ0n) is 12.4. The highest BCUT2D eigenvalue weighted by Gasteiger charge is 2.20. The standard InChI is InChI=1S/C15H24ClN3/c1-10(2)14-17-13(16)11(3)15(18-14)19(4)9-12-7-5-6-8-12/h10,12H,5-9H2,1-4H3. The quantitative estimate of drug-likeness (QED) is 0.775. The van der Waals surface area contributed by atoms with Gasteiger partial charge in [-0.3, -0.25) is 0 Å². The van der Waals surface area contributed by atoms with E-state index in [0.29, 0.717) is 11.1 Å². The molecule has 0 spiro atoms. The highest BCUT2D eigenvalue weighted by molar-refractivity contribution is 6.30. The first-order valence-corrected chi connectivity index (χ1v) is 7.62. The molecule has 1 aliphatic rings. The molecule has 0 aliphatic heterocycles. The van der Waals surface area contributed by atoms with Crippen LogP contribution < -0.4 is 4.90 Å². The highest BCUT2D eigenvalue weighted by Crippen LogP contribution is 2.29. The summed E-state index contributed by atoms with van der Waals surface area (Å²) in [5.41, 5.74) is 0.992. The molecular weight excluding hydrogens is 258 g/mol. The van der Waals surface area contributed by atoms with Gasteiger partial charge in [0.25, 0.3) is 0 Å². The van der Waals surface area contributed by atoms with Gasteiger partial charge >= 0.3 is 0 Å². The Kier molecular flexibility index (Phi) is 4.67. The molecule has 0 amide bonds. The maximum absolute atomic E-state index is 6.25. The van der Waals surface area contributed by atoms with Gasteiger partial charge in [-0.1, -0.05) is 38.3 Å². The zero-order chi connectivity index (χ0) is 14.0. The lowest BCUT2D eigenvalue weighted by Gasteiger charge is -2.24. The average Bonchev–Trinajstić information content (AvgIpc) is 2.84. The van der Waals surface area contributed by atoms with Crippen LogP contribution in [0.1, 0.15) is 56.8 Å². The second-order valence-corrected chi connectivity index (χ2v) is 6.36. The van der Waals surface area contributed by atoms with Crippen LogP contribution >= 0.6 is 11.6 Å². The van der Waals surface area contributed by atoms with Gasteiger partial charge in [0.2, 0.25) is 0 Å². The lowest BCUT2D eigenvalue weighted by Crippen LogP contribution is -2.26. The van der Waals surface area contributed by atoms with Gasteiger partial charge in [0, 0.05) is 25.1 Å². The Balaban J connectivity index is 2.21. The van der Waals surface area contributed by atoms with Gasteiger partial charge in [-0.2, -0.15) is 0 Å². The molecule has 0 radical (unpaired) electrons. The number of hydrogen-bond acceptors (Lipinski definition) is 3. The Morgan fingerprint density at radius 2 is 1.89 bits per heavy atom. The van der Waals surface area contributed by atoms with Gasteiger partial charge in [0.1, 0.15) is 16.8 Å². The van der Waals surface area contributed by atoms with E-state index in [1.54, 1.807) is 0 Å². The van der Waals surface area contributed by atoms with Crippen LogP contribution in [0.3, 0.4) is 0 Å². The molecule has 0 unspecified atom stereocenters. The normalized spacial score (nSPS) is 16.3. The smallest absolute Gasteiger partial charge is 0.137 e. The molecule has 3 nitrogen and oxygen atoms in total. The molecule has 1 saturated carbocycles. The van der Waals surface area contributed by atoms with Crippen molar-refractivity contribution in [1.29, 1.82) is 0 Å². The van der Waals surface area contributed by atoms with Crippen molar-refractivity contribution in [3.8, 4) is 0 Å². The number of aromatic nitrogens is 2. The summed E-state index contributed by atoms with van der Waals surface area (Å²) in [4.78, 5) is 11.3. The molecule has 1 aromatic heterocycles. The minimum atomic E-state index is 0.303. The van der Waals surface area contributed by atoms with Gasteiger partial charge < -0.3 is 4.90 Å². The van der Waals surface area contributed by atoms with Gasteiger partial charge in [-0.05, 0) is 25.7 Å². The summed E-state index contributed by atoms with van der Waals surface area (Å²) >= 11 is 6.25. The average molecular weight is 282 g/mol. The zero-order valence-corrected chi connectivity index (χ0v) is 13.2. The van der Waals surface area contributed by atoms with Crippen LogP contribution in [0.2, 0.25) is 5.15 Å². The molecule has 0 saturated heterocycles. The molecule has 1 aliphatic carbocycles. The minimum absolute atomic E-state index is 0.303. The van der Waals surface area contributed by atoms with E-state index >= 15 is 0 Å². The molecule has 19 heavy (non-hydrogen) atoms. The van der Waals surface area contributed by atoms with Crippen molar-refractivity contribution in [3.63, 3.8) is 0 Å². The molecule has 0 aromatic carbocycles. The first-order valence-electron chi connectivity index (χ1n) is 7.24. The maximum Gasteiger partial charge on any atom is 0.137 e. The highest BCUT2D eigenvalue weighted by atomic mass is 35.5. The number of nitrogens with zero attached hydrogens (tertiary/aromatic N) is 3. The number of anilines is 1. The van der Waals surface area contributed by atoms with Crippen molar-refractivity contribution in [2.45, 2.75) is 52.4 Å². The van der Waals surface area contributed by atoms with E-state index in [4.69, 9.17) is 16.6 Å². The van der Waals surface area contributed by atoms with E-state index in [1.807, 2.05) is 6.92 Å². The SMILES string of the molecule is Cc1c(Cl)nc(C(C)C)nc1N(C)CC1CCCC1. The third-order valence-electron chi connectivity index (χ3n) is 3.96. The molecule has 4 heteroatoms. The van der Waals surface area contributed by atoms with E-state index in [0.717, 1.165) is 29.7 Å². The largest absolute Gasteiger partial charge is 0.359 e. The summed E-state index contributed by atoms with van der Waals surface area (Å²) in [6, 6.07) is 0. The molecule has 2 rings (SSSR count). The van der Waals surface area contributed by atoms with E-state index in [2.05, 4.69) is 30.8 Å². The molecule has 0 bridgehead atoms. The van der Waals surface area contributed by atoms with Gasteiger partial charge in [0.15, 0.2) is 0 Å². The predicted octanol–water partition coefficient (Wildman–Crippen LogP) is 4.19. The predicted molar refractivity (Wildman–Crippen MR) is 81.1 cm³/mol. The molecule has 1 aromatic rings. The fraction of sp³-hybridized carbons (Fsp3) is 0.733. The van der Waals surface area contributed by atoms with Crippen molar-refractivity contribution >= 4 is 17.4 Å². The van der Waals surface area contributed by atoms with Crippen molar-refractivity contribution in [3.05, 3.63) is 16.5 Å². The molecule has 1 fully saturated rings. The molecule has 0 atom stereocenters. The van der Waals surface area contributed by atoms with Crippen molar-refractivity contribution < 1.29 is 0 Å².